The number of unbranched alkanes of at least 4 members (excludes halogenated alkanes) is 6. The summed E-state index contributed by atoms with van der Waals surface area (Å²) in [5, 5.41) is 0. The molecule has 0 N–H and O–H groups in total. The summed E-state index contributed by atoms with van der Waals surface area (Å²) in [6.45, 7) is 5.88. The minimum absolute atomic E-state index is 0.192. The lowest BCUT2D eigenvalue weighted by atomic mass is 10.00. The first-order chi connectivity index (χ1) is 9.70. The van der Waals surface area contributed by atoms with Crippen LogP contribution >= 0.6 is 0 Å². The number of rotatable bonds is 14. The van der Waals surface area contributed by atoms with Gasteiger partial charge in [-0.15, -0.1) is 0 Å². The summed E-state index contributed by atoms with van der Waals surface area (Å²) in [4.78, 5) is 10.8. The fourth-order valence-corrected chi connectivity index (χ4v) is 2.14. The Labute approximate surface area is 125 Å². The highest BCUT2D eigenvalue weighted by molar-refractivity contribution is 5.69. The zero-order valence-electron chi connectivity index (χ0n) is 13.8. The molecule has 0 aliphatic heterocycles. The van der Waals surface area contributed by atoms with Gasteiger partial charge in [-0.05, 0) is 12.3 Å². The van der Waals surface area contributed by atoms with Gasteiger partial charge < -0.3 is 9.47 Å². The van der Waals surface area contributed by atoms with E-state index in [1.807, 2.05) is 0 Å². The quantitative estimate of drug-likeness (QED) is 0.342. The van der Waals surface area contributed by atoms with Crippen molar-refractivity contribution < 1.29 is 14.3 Å². The van der Waals surface area contributed by atoms with E-state index in [1.165, 1.54) is 58.5 Å². The highest BCUT2D eigenvalue weighted by Crippen LogP contribution is 2.14. The Morgan fingerprint density at radius 2 is 1.55 bits per heavy atom. The van der Waals surface area contributed by atoms with Crippen molar-refractivity contribution in [1.29, 1.82) is 0 Å². The van der Waals surface area contributed by atoms with Crippen molar-refractivity contribution in [3.8, 4) is 0 Å². The molecule has 0 saturated carbocycles. The van der Waals surface area contributed by atoms with E-state index in [0.717, 1.165) is 18.9 Å². The highest BCUT2D eigenvalue weighted by atomic mass is 16.5. The normalized spacial score (nSPS) is 12.3. The van der Waals surface area contributed by atoms with Crippen LogP contribution in [0.2, 0.25) is 0 Å². The van der Waals surface area contributed by atoms with Crippen LogP contribution in [0.4, 0.5) is 0 Å². The fourth-order valence-electron chi connectivity index (χ4n) is 2.14. The topological polar surface area (TPSA) is 35.5 Å². The van der Waals surface area contributed by atoms with Gasteiger partial charge in [-0.2, -0.15) is 0 Å². The van der Waals surface area contributed by atoms with Crippen molar-refractivity contribution >= 4 is 5.97 Å². The molecule has 0 saturated heterocycles. The molecule has 0 fully saturated rings. The van der Waals surface area contributed by atoms with E-state index in [0.29, 0.717) is 13.0 Å². The van der Waals surface area contributed by atoms with E-state index in [2.05, 4.69) is 18.6 Å². The first-order valence-corrected chi connectivity index (χ1v) is 8.35. The second-order valence-corrected chi connectivity index (χ2v) is 5.72. The summed E-state index contributed by atoms with van der Waals surface area (Å²) < 4.78 is 9.93. The van der Waals surface area contributed by atoms with Crippen molar-refractivity contribution in [2.45, 2.75) is 78.1 Å². The molecule has 0 amide bonds. The molecule has 0 rings (SSSR count). The predicted molar refractivity (Wildman–Crippen MR) is 83.8 cm³/mol. The summed E-state index contributed by atoms with van der Waals surface area (Å²) in [5.74, 6) is 0.708. The first kappa shape index (κ1) is 19.4. The molecule has 1 atom stereocenters. The third kappa shape index (κ3) is 13.9. The SMILES string of the molecule is CCC(C)CCCCCCCCCOCCC(=O)OC. The molecule has 3 nitrogen and oxygen atoms in total. The van der Waals surface area contributed by atoms with Gasteiger partial charge in [0.1, 0.15) is 0 Å². The molecule has 0 aliphatic carbocycles. The zero-order chi connectivity index (χ0) is 15.1. The van der Waals surface area contributed by atoms with Crippen LogP contribution in [0.25, 0.3) is 0 Å². The summed E-state index contributed by atoms with van der Waals surface area (Å²) >= 11 is 0. The minimum atomic E-state index is -0.192. The predicted octanol–water partition coefficient (Wildman–Crippen LogP) is 4.73. The van der Waals surface area contributed by atoms with E-state index in [-0.39, 0.29) is 5.97 Å². The number of hydrogen-bond acceptors (Lipinski definition) is 3. The van der Waals surface area contributed by atoms with Crippen LogP contribution in [0.1, 0.15) is 78.1 Å². The van der Waals surface area contributed by atoms with Crippen molar-refractivity contribution in [1.82, 2.24) is 0 Å². The number of methoxy groups -OCH3 is 1. The van der Waals surface area contributed by atoms with Gasteiger partial charge in [0.2, 0.25) is 0 Å². The van der Waals surface area contributed by atoms with Gasteiger partial charge in [0.15, 0.2) is 0 Å². The van der Waals surface area contributed by atoms with Crippen LogP contribution in [-0.2, 0) is 14.3 Å². The van der Waals surface area contributed by atoms with Gasteiger partial charge >= 0.3 is 5.97 Å². The monoisotopic (exact) mass is 286 g/mol. The van der Waals surface area contributed by atoms with Crippen LogP contribution in [0.3, 0.4) is 0 Å². The molecule has 0 bridgehead atoms. The zero-order valence-corrected chi connectivity index (χ0v) is 13.8. The molecule has 0 spiro atoms. The lowest BCUT2D eigenvalue weighted by molar-refractivity contribution is -0.141. The van der Waals surface area contributed by atoms with Gasteiger partial charge in [0.05, 0.1) is 20.1 Å². The van der Waals surface area contributed by atoms with Crippen molar-refractivity contribution in [2.24, 2.45) is 5.92 Å². The molecule has 3 heteroatoms. The van der Waals surface area contributed by atoms with Crippen LogP contribution in [-0.4, -0.2) is 26.3 Å². The lowest BCUT2D eigenvalue weighted by Gasteiger charge is -2.07. The molecule has 0 aromatic heterocycles. The molecular weight excluding hydrogens is 252 g/mol. The number of esters is 1. The van der Waals surface area contributed by atoms with E-state index in [1.54, 1.807) is 0 Å². The summed E-state index contributed by atoms with van der Waals surface area (Å²) in [6, 6.07) is 0. The Kier molecular flexibility index (Phi) is 14.4. The largest absolute Gasteiger partial charge is 0.469 e. The number of ether oxygens (including phenoxy) is 2. The van der Waals surface area contributed by atoms with Crippen LogP contribution < -0.4 is 0 Å². The van der Waals surface area contributed by atoms with E-state index >= 15 is 0 Å². The second-order valence-electron chi connectivity index (χ2n) is 5.72. The average Bonchev–Trinajstić information content (AvgIpc) is 2.47. The first-order valence-electron chi connectivity index (χ1n) is 8.35. The van der Waals surface area contributed by atoms with Gasteiger partial charge in [0.25, 0.3) is 0 Å². The minimum Gasteiger partial charge on any atom is -0.469 e. The Morgan fingerprint density at radius 1 is 0.950 bits per heavy atom. The Morgan fingerprint density at radius 3 is 2.15 bits per heavy atom. The highest BCUT2D eigenvalue weighted by Gasteiger charge is 2.00. The van der Waals surface area contributed by atoms with E-state index < -0.39 is 0 Å². The molecule has 0 heterocycles. The van der Waals surface area contributed by atoms with E-state index in [9.17, 15) is 4.79 Å². The molecule has 0 radical (unpaired) electrons. The summed E-state index contributed by atoms with van der Waals surface area (Å²) in [7, 11) is 1.41. The summed E-state index contributed by atoms with van der Waals surface area (Å²) in [6.07, 6.45) is 12.2. The smallest absolute Gasteiger partial charge is 0.307 e. The fraction of sp³-hybridized carbons (Fsp3) is 0.941. The van der Waals surface area contributed by atoms with Crippen LogP contribution in [0.5, 0.6) is 0 Å². The van der Waals surface area contributed by atoms with Crippen molar-refractivity contribution in [3.05, 3.63) is 0 Å². The maximum Gasteiger partial charge on any atom is 0.307 e. The maximum absolute atomic E-state index is 10.8. The third-order valence-electron chi connectivity index (χ3n) is 3.86. The molecule has 0 aliphatic rings. The molecule has 20 heavy (non-hydrogen) atoms. The van der Waals surface area contributed by atoms with Crippen molar-refractivity contribution in [3.63, 3.8) is 0 Å². The Balaban J connectivity index is 3.04. The van der Waals surface area contributed by atoms with Gasteiger partial charge in [-0.25, -0.2) is 0 Å². The standard InChI is InChI=1S/C17H34O3/c1-4-16(2)12-10-8-6-5-7-9-11-14-20-15-13-17(18)19-3/h16H,4-15H2,1-3H3. The lowest BCUT2D eigenvalue weighted by Crippen LogP contribution is -2.06. The number of carbonyl (C=O) groups excluding carboxylic acids is 1. The molecule has 0 aromatic rings. The van der Waals surface area contributed by atoms with E-state index in [4.69, 9.17) is 4.74 Å². The van der Waals surface area contributed by atoms with Gasteiger partial charge in [0, 0.05) is 6.61 Å². The number of carbonyl (C=O) groups is 1. The van der Waals surface area contributed by atoms with Gasteiger partial charge in [-0.1, -0.05) is 65.2 Å². The molecule has 0 aromatic carbocycles. The van der Waals surface area contributed by atoms with Crippen LogP contribution in [0.15, 0.2) is 0 Å². The maximum atomic E-state index is 10.8. The Bertz CT molecular complexity index is 216. The third-order valence-corrected chi connectivity index (χ3v) is 3.86. The number of hydrogen-bond donors (Lipinski definition) is 0. The summed E-state index contributed by atoms with van der Waals surface area (Å²) in [5.41, 5.74) is 0. The molecular formula is C17H34O3. The van der Waals surface area contributed by atoms with Gasteiger partial charge in [-0.3, -0.25) is 4.79 Å². The average molecular weight is 286 g/mol. The second kappa shape index (κ2) is 14.8. The molecule has 1 unspecified atom stereocenters. The van der Waals surface area contributed by atoms with Crippen molar-refractivity contribution in [2.75, 3.05) is 20.3 Å². The Hall–Kier alpha value is -0.570. The molecule has 120 valence electrons. The van der Waals surface area contributed by atoms with Crippen LogP contribution in [0, 0.1) is 5.92 Å².